The van der Waals surface area contributed by atoms with Crippen LogP contribution in [-0.4, -0.2) is 57.6 Å². The molecule has 0 aliphatic rings. The molecule has 35 heavy (non-hydrogen) atoms. The van der Waals surface area contributed by atoms with Crippen LogP contribution in [0.15, 0.2) is 48.5 Å². The van der Waals surface area contributed by atoms with E-state index in [0.29, 0.717) is 23.7 Å². The molecule has 0 bridgehead atoms. The van der Waals surface area contributed by atoms with Crippen LogP contribution in [0.2, 0.25) is 5.02 Å². The van der Waals surface area contributed by atoms with Crippen LogP contribution in [0.5, 0.6) is 5.75 Å². The number of anilines is 1. The summed E-state index contributed by atoms with van der Waals surface area (Å²) in [4.78, 5) is 28.1. The first kappa shape index (κ1) is 28.5. The lowest BCUT2D eigenvalue weighted by molar-refractivity contribution is -0.140. The predicted molar refractivity (Wildman–Crippen MR) is 139 cm³/mol. The van der Waals surface area contributed by atoms with Crippen molar-refractivity contribution in [1.29, 1.82) is 0 Å². The zero-order valence-electron chi connectivity index (χ0n) is 20.8. The van der Waals surface area contributed by atoms with E-state index in [0.717, 1.165) is 16.1 Å². The molecule has 1 atom stereocenters. The maximum atomic E-state index is 13.6. The smallest absolute Gasteiger partial charge is 0.244 e. The fourth-order valence-electron chi connectivity index (χ4n) is 3.51. The molecule has 192 valence electrons. The first-order valence-corrected chi connectivity index (χ1v) is 13.6. The summed E-state index contributed by atoms with van der Waals surface area (Å²) in [5, 5.41) is 3.24. The van der Waals surface area contributed by atoms with E-state index < -0.39 is 28.5 Å². The Morgan fingerprint density at radius 1 is 1.11 bits per heavy atom. The monoisotopic (exact) mass is 523 g/mol. The van der Waals surface area contributed by atoms with Crippen LogP contribution in [0.1, 0.15) is 32.8 Å². The number of carbonyl (C=O) groups excluding carboxylic acids is 2. The van der Waals surface area contributed by atoms with E-state index >= 15 is 0 Å². The van der Waals surface area contributed by atoms with Gasteiger partial charge in [-0.15, -0.1) is 0 Å². The molecule has 0 aliphatic carbocycles. The zero-order chi connectivity index (χ0) is 26.2. The van der Waals surface area contributed by atoms with Crippen LogP contribution >= 0.6 is 11.6 Å². The molecule has 2 amide bonds. The number of hydrogen-bond acceptors (Lipinski definition) is 5. The lowest BCUT2D eigenvalue weighted by Crippen LogP contribution is -2.52. The number of ether oxygens (including phenoxy) is 1. The van der Waals surface area contributed by atoms with Crippen molar-refractivity contribution in [2.75, 3.05) is 30.8 Å². The number of benzene rings is 2. The van der Waals surface area contributed by atoms with Gasteiger partial charge in [-0.25, -0.2) is 8.42 Å². The molecule has 1 unspecified atom stereocenters. The largest absolute Gasteiger partial charge is 0.497 e. The highest BCUT2D eigenvalue weighted by Crippen LogP contribution is 2.23. The van der Waals surface area contributed by atoms with Crippen molar-refractivity contribution in [3.63, 3.8) is 0 Å². The fraction of sp³-hybridized carbons (Fsp3) is 0.440. The van der Waals surface area contributed by atoms with Crippen molar-refractivity contribution < 1.29 is 22.7 Å². The molecule has 2 aromatic carbocycles. The molecule has 0 saturated carbocycles. The summed E-state index contributed by atoms with van der Waals surface area (Å²) in [6.07, 6.45) is 1.39. The number of nitrogens with one attached hydrogen (secondary N) is 1. The second-order valence-corrected chi connectivity index (χ2v) is 11.0. The van der Waals surface area contributed by atoms with Gasteiger partial charge >= 0.3 is 0 Å². The second-order valence-electron chi connectivity index (χ2n) is 8.68. The van der Waals surface area contributed by atoms with E-state index in [-0.39, 0.29) is 24.1 Å². The number of nitrogens with zero attached hydrogens (tertiary/aromatic N) is 2. The van der Waals surface area contributed by atoms with Gasteiger partial charge in [0.05, 0.1) is 19.1 Å². The SMILES string of the molecule is CCC(C(=O)NCC(C)C)N(Cc1ccc(OC)cc1)C(=O)CN(c1cccc(Cl)c1)S(C)(=O)=O. The predicted octanol–water partition coefficient (Wildman–Crippen LogP) is 3.69. The van der Waals surface area contributed by atoms with Crippen molar-refractivity contribution in [2.24, 2.45) is 5.92 Å². The minimum absolute atomic E-state index is 0.129. The molecule has 0 heterocycles. The number of hydrogen-bond donors (Lipinski definition) is 1. The summed E-state index contributed by atoms with van der Waals surface area (Å²) >= 11 is 6.06. The molecule has 10 heteroatoms. The van der Waals surface area contributed by atoms with Crippen molar-refractivity contribution in [3.05, 3.63) is 59.1 Å². The van der Waals surface area contributed by atoms with Gasteiger partial charge in [0, 0.05) is 18.1 Å². The van der Waals surface area contributed by atoms with Gasteiger partial charge in [-0.2, -0.15) is 0 Å². The Kier molecular flexibility index (Phi) is 10.4. The third-order valence-electron chi connectivity index (χ3n) is 5.36. The van der Waals surface area contributed by atoms with Gasteiger partial charge in [-0.1, -0.05) is 50.6 Å². The molecule has 1 N–H and O–H groups in total. The Hall–Kier alpha value is -2.78. The number of methoxy groups -OCH3 is 1. The Labute approximate surface area is 213 Å². The van der Waals surface area contributed by atoms with Gasteiger partial charge in [-0.05, 0) is 48.2 Å². The van der Waals surface area contributed by atoms with E-state index in [1.165, 1.54) is 11.0 Å². The molecule has 2 rings (SSSR count). The summed E-state index contributed by atoms with van der Waals surface area (Å²) in [6, 6.07) is 12.7. The summed E-state index contributed by atoms with van der Waals surface area (Å²) in [7, 11) is -2.25. The topological polar surface area (TPSA) is 96.0 Å². The summed E-state index contributed by atoms with van der Waals surface area (Å²) in [5.41, 5.74) is 1.05. The lowest BCUT2D eigenvalue weighted by atomic mass is 10.1. The zero-order valence-corrected chi connectivity index (χ0v) is 22.4. The Morgan fingerprint density at radius 3 is 2.29 bits per heavy atom. The third-order valence-corrected chi connectivity index (χ3v) is 6.73. The Bertz CT molecular complexity index is 1110. The van der Waals surface area contributed by atoms with E-state index in [1.807, 2.05) is 32.9 Å². The number of rotatable bonds is 12. The van der Waals surface area contributed by atoms with E-state index in [4.69, 9.17) is 16.3 Å². The average molecular weight is 524 g/mol. The quantitative estimate of drug-likeness (QED) is 0.457. The number of halogens is 1. The Morgan fingerprint density at radius 2 is 1.77 bits per heavy atom. The molecule has 0 spiro atoms. The van der Waals surface area contributed by atoms with Crippen LogP contribution < -0.4 is 14.4 Å². The summed E-state index contributed by atoms with van der Waals surface area (Å²) < 4.78 is 31.4. The highest BCUT2D eigenvalue weighted by Gasteiger charge is 2.31. The molecule has 0 saturated heterocycles. The minimum Gasteiger partial charge on any atom is -0.497 e. The van der Waals surface area contributed by atoms with Gasteiger partial charge < -0.3 is 15.0 Å². The summed E-state index contributed by atoms with van der Waals surface area (Å²) in [6.45, 7) is 5.91. The lowest BCUT2D eigenvalue weighted by Gasteiger charge is -2.33. The number of sulfonamides is 1. The normalized spacial score (nSPS) is 12.2. The molecule has 0 aliphatic heterocycles. The van der Waals surface area contributed by atoms with Crippen molar-refractivity contribution in [3.8, 4) is 5.75 Å². The van der Waals surface area contributed by atoms with Crippen molar-refractivity contribution in [1.82, 2.24) is 10.2 Å². The fourth-order valence-corrected chi connectivity index (χ4v) is 4.54. The second kappa shape index (κ2) is 12.8. The third kappa shape index (κ3) is 8.43. The van der Waals surface area contributed by atoms with Crippen LogP contribution in [0.3, 0.4) is 0 Å². The van der Waals surface area contributed by atoms with Gasteiger partial charge in [0.15, 0.2) is 0 Å². The van der Waals surface area contributed by atoms with E-state index in [9.17, 15) is 18.0 Å². The molecule has 0 aromatic heterocycles. The molecular formula is C25H34ClN3O5S. The van der Waals surface area contributed by atoms with Crippen molar-refractivity contribution in [2.45, 2.75) is 39.8 Å². The molecule has 0 fully saturated rings. The van der Waals surface area contributed by atoms with Gasteiger partial charge in [0.2, 0.25) is 21.8 Å². The average Bonchev–Trinajstić information content (AvgIpc) is 2.80. The maximum absolute atomic E-state index is 13.6. The first-order chi connectivity index (χ1) is 16.5. The van der Waals surface area contributed by atoms with Crippen LogP contribution in [-0.2, 0) is 26.2 Å². The van der Waals surface area contributed by atoms with E-state index in [2.05, 4.69) is 5.32 Å². The first-order valence-electron chi connectivity index (χ1n) is 11.4. The van der Waals surface area contributed by atoms with Crippen LogP contribution in [0.25, 0.3) is 0 Å². The van der Waals surface area contributed by atoms with Crippen molar-refractivity contribution >= 4 is 39.1 Å². The number of carbonyl (C=O) groups is 2. The molecule has 8 nitrogen and oxygen atoms in total. The standard InChI is InChI=1S/C25H34ClN3O5S/c1-6-23(25(31)27-15-18(2)3)28(16-19-10-12-22(34-4)13-11-19)24(30)17-29(35(5,32)33)21-9-7-8-20(26)14-21/h7-14,18,23H,6,15-17H2,1-5H3,(H,27,31). The minimum atomic E-state index is -3.81. The molecule has 0 radical (unpaired) electrons. The van der Waals surface area contributed by atoms with Gasteiger partial charge in [0.25, 0.3) is 0 Å². The molecular weight excluding hydrogens is 490 g/mol. The maximum Gasteiger partial charge on any atom is 0.244 e. The van der Waals surface area contributed by atoms with Crippen LogP contribution in [0, 0.1) is 5.92 Å². The Balaban J connectivity index is 2.41. The van der Waals surface area contributed by atoms with Crippen LogP contribution in [0.4, 0.5) is 5.69 Å². The number of amides is 2. The summed E-state index contributed by atoms with van der Waals surface area (Å²) in [5.74, 6) is 0.123. The van der Waals surface area contributed by atoms with E-state index in [1.54, 1.807) is 37.4 Å². The van der Waals surface area contributed by atoms with Gasteiger partial charge in [-0.3, -0.25) is 13.9 Å². The highest BCUT2D eigenvalue weighted by molar-refractivity contribution is 7.92. The highest BCUT2D eigenvalue weighted by atomic mass is 35.5. The van der Waals surface area contributed by atoms with Gasteiger partial charge in [0.1, 0.15) is 18.3 Å². The molecule has 2 aromatic rings.